The molecular weight excluding hydrogens is 1270 g/mol. The van der Waals surface area contributed by atoms with Gasteiger partial charge in [-0.2, -0.15) is 0 Å². The first-order chi connectivity index (χ1) is 42.1. The van der Waals surface area contributed by atoms with Crippen LogP contribution in [0.15, 0.2) is 176 Å². The third-order valence-electron chi connectivity index (χ3n) is 13.7. The van der Waals surface area contributed by atoms with Crippen molar-refractivity contribution in [3.63, 3.8) is 0 Å². The predicted octanol–water partition coefficient (Wildman–Crippen LogP) is 12.1. The Balaban J connectivity index is 0.000000205. The Kier molecular flexibility index (Phi) is 25.0. The second-order valence-electron chi connectivity index (χ2n) is 19.8. The van der Waals surface area contributed by atoms with Gasteiger partial charge in [0.15, 0.2) is 0 Å². The topological polar surface area (TPSA) is 177 Å². The van der Waals surface area contributed by atoms with Crippen LogP contribution >= 0.6 is 0 Å². The molecule has 10 aliphatic heterocycles. The molecule has 86 heavy (non-hydrogen) atoms. The van der Waals surface area contributed by atoms with Gasteiger partial charge in [0.2, 0.25) is 0 Å². The molecule has 17 heteroatoms. The standard InChI is InChI=1S/C39H33N3O3.C30H37N2O8.Pt/c43-39-33-7-1-8-34(39)30-15-19-32(20-16-30)45-24-4-6-28-12-22-36(41-26-28)38-10-2-9-37(42-38)35-21-11-27(25-40-35)5-3-23-44-31-17-13-29(33)14-18-31;1-2-25-22-26(3-1)30-7-5-28(24-32-30)40-21-19-38-17-15-36-13-11-34-9-8-33-10-12-35-14-16-37-18-20-39-27-4-6-29(25)31-23-27;/h1-2,7-22,25-26,43H,3-6,23-24H2;1-7,23-24H,8-21H2;/q;-1;. The van der Waals surface area contributed by atoms with Crippen molar-refractivity contribution in [1.29, 1.82) is 0 Å². The van der Waals surface area contributed by atoms with Gasteiger partial charge in [-0.15, -0.1) is 24.3 Å². The number of rotatable bonds is 0. The SMILES string of the molecule is Oc1c2cccc1-c1ccc(cc1)OCCCc1ccc(nc1)-c1cccc(n1)-c1ccc(cn1)CCCOc1ccc-2cc1.[Pt].[c-]1c2cccc1-c1ccc(cn1)OCCOCCOCCOCCOCCOCCOCCOc1ccc-2nc1. The summed E-state index contributed by atoms with van der Waals surface area (Å²) in [5.41, 5.74) is 12.4. The number of aromatic nitrogens is 5. The van der Waals surface area contributed by atoms with E-state index in [1.807, 2.05) is 152 Å². The molecule has 18 bridgehead atoms. The molecule has 0 saturated heterocycles. The fraction of sp³-hybridized carbons (Fsp3) is 0.290. The number of benzene rings is 4. The van der Waals surface area contributed by atoms with Crippen molar-refractivity contribution in [3.8, 4) is 96.3 Å². The molecule has 10 aliphatic rings. The molecule has 0 unspecified atom stereocenters. The van der Waals surface area contributed by atoms with Crippen molar-refractivity contribution in [2.75, 3.05) is 106 Å². The van der Waals surface area contributed by atoms with Gasteiger partial charge in [-0.05, 0) is 109 Å². The van der Waals surface area contributed by atoms with Gasteiger partial charge in [0.1, 0.15) is 42.0 Å². The molecule has 0 fully saturated rings. The Morgan fingerprint density at radius 2 is 0.663 bits per heavy atom. The smallest absolute Gasteiger partial charge is 0.136 e. The molecule has 0 spiro atoms. The zero-order chi connectivity index (χ0) is 57.9. The second kappa shape index (κ2) is 34.3. The third-order valence-corrected chi connectivity index (χ3v) is 13.7. The summed E-state index contributed by atoms with van der Waals surface area (Å²) in [6, 6.07) is 52.7. The first-order valence-corrected chi connectivity index (χ1v) is 28.9. The minimum atomic E-state index is 0. The van der Waals surface area contributed by atoms with E-state index in [2.05, 4.69) is 28.2 Å². The van der Waals surface area contributed by atoms with Crippen LogP contribution in [-0.4, -0.2) is 136 Å². The van der Waals surface area contributed by atoms with E-state index < -0.39 is 0 Å². The summed E-state index contributed by atoms with van der Waals surface area (Å²) in [6.07, 6.45) is 10.7. The molecular formula is C69H70N5O11Pt-. The van der Waals surface area contributed by atoms with Gasteiger partial charge < -0.3 is 52.5 Å². The fourth-order valence-corrected chi connectivity index (χ4v) is 9.23. The maximum absolute atomic E-state index is 11.2. The van der Waals surface area contributed by atoms with Gasteiger partial charge in [-0.25, -0.2) is 4.98 Å². The summed E-state index contributed by atoms with van der Waals surface area (Å²) in [5.74, 6) is 3.21. The fourth-order valence-electron chi connectivity index (χ4n) is 9.23. The van der Waals surface area contributed by atoms with Crippen LogP contribution in [0.5, 0.6) is 28.7 Å². The van der Waals surface area contributed by atoms with Crippen LogP contribution in [-0.2, 0) is 62.3 Å². The largest absolute Gasteiger partial charge is 0.507 e. The summed E-state index contributed by atoms with van der Waals surface area (Å²) >= 11 is 0. The van der Waals surface area contributed by atoms with Crippen molar-refractivity contribution in [2.45, 2.75) is 25.7 Å². The van der Waals surface area contributed by atoms with Crippen molar-refractivity contribution in [2.24, 2.45) is 0 Å². The van der Waals surface area contributed by atoms with E-state index in [4.69, 9.17) is 62.3 Å². The Morgan fingerprint density at radius 1 is 0.314 bits per heavy atom. The van der Waals surface area contributed by atoms with Crippen LogP contribution in [0.25, 0.3) is 67.5 Å². The Morgan fingerprint density at radius 3 is 1.05 bits per heavy atom. The van der Waals surface area contributed by atoms with Gasteiger partial charge in [0.25, 0.3) is 0 Å². The van der Waals surface area contributed by atoms with Crippen molar-refractivity contribution < 1.29 is 73.5 Å². The van der Waals surface area contributed by atoms with Crippen LogP contribution in [0.2, 0.25) is 0 Å². The maximum atomic E-state index is 11.2. The second-order valence-corrected chi connectivity index (χ2v) is 19.8. The van der Waals surface area contributed by atoms with E-state index in [9.17, 15) is 5.11 Å². The number of ether oxygens (including phenoxy) is 10. The molecule has 16 nitrogen and oxygen atoms in total. The van der Waals surface area contributed by atoms with E-state index in [0.717, 1.165) is 116 Å². The number of phenolic OH excluding ortho intramolecular Hbond substituents is 1. The van der Waals surface area contributed by atoms with Crippen molar-refractivity contribution in [1.82, 2.24) is 24.9 Å². The van der Waals surface area contributed by atoms with Crippen LogP contribution in [0.4, 0.5) is 0 Å². The van der Waals surface area contributed by atoms with Gasteiger partial charge in [0, 0.05) is 56.0 Å². The van der Waals surface area contributed by atoms with Gasteiger partial charge in [-0.1, -0.05) is 83.9 Å². The molecule has 0 radical (unpaired) electrons. The number of phenols is 1. The molecule has 0 saturated carbocycles. The Labute approximate surface area is 517 Å². The number of nitrogens with zero attached hydrogens (tertiary/aromatic N) is 5. The quantitative estimate of drug-likeness (QED) is 0.142. The number of hydrogen-bond donors (Lipinski definition) is 1. The monoisotopic (exact) mass is 1340 g/mol. The summed E-state index contributed by atoms with van der Waals surface area (Å²) in [7, 11) is 0. The molecule has 9 aromatic rings. The van der Waals surface area contributed by atoms with E-state index in [-0.39, 0.29) is 26.8 Å². The first kappa shape index (κ1) is 62.6. The van der Waals surface area contributed by atoms with Crippen LogP contribution in [0.3, 0.4) is 0 Å². The molecule has 19 rings (SSSR count). The van der Waals surface area contributed by atoms with E-state index in [1.54, 1.807) is 12.4 Å². The molecule has 0 aliphatic carbocycles. The zero-order valence-electron chi connectivity index (χ0n) is 48.0. The number of hydrogen-bond acceptors (Lipinski definition) is 16. The van der Waals surface area contributed by atoms with Crippen molar-refractivity contribution >= 4 is 0 Å². The molecule has 5 aromatic heterocycles. The molecule has 0 atom stereocenters. The third kappa shape index (κ3) is 19.3. The van der Waals surface area contributed by atoms with Crippen LogP contribution in [0.1, 0.15) is 24.0 Å². The van der Waals surface area contributed by atoms with Crippen molar-refractivity contribution in [3.05, 3.63) is 194 Å². The minimum absolute atomic E-state index is 0. The number of pyridine rings is 5. The normalized spacial score (nSPS) is 15.3. The van der Waals surface area contributed by atoms with E-state index in [1.165, 1.54) is 0 Å². The van der Waals surface area contributed by atoms with Gasteiger partial charge in [-0.3, -0.25) is 19.9 Å². The zero-order valence-corrected chi connectivity index (χ0v) is 50.2. The van der Waals surface area contributed by atoms with E-state index >= 15 is 0 Å². The average molecular weight is 1340 g/mol. The number of para-hydroxylation sites is 1. The number of fused-ring (bicyclic) bond motifs is 2. The maximum Gasteiger partial charge on any atom is 0.136 e. The Hall–Kier alpha value is -7.92. The summed E-state index contributed by atoms with van der Waals surface area (Å²) in [5, 5.41) is 11.2. The van der Waals surface area contributed by atoms with Gasteiger partial charge >= 0.3 is 0 Å². The Bertz CT molecular complexity index is 3200. The first-order valence-electron chi connectivity index (χ1n) is 28.9. The number of aromatic hydroxyl groups is 1. The summed E-state index contributed by atoms with van der Waals surface area (Å²) < 4.78 is 56.6. The summed E-state index contributed by atoms with van der Waals surface area (Å²) in [4.78, 5) is 23.3. The van der Waals surface area contributed by atoms with E-state index in [0.29, 0.717) is 117 Å². The molecule has 1 N–H and O–H groups in total. The minimum Gasteiger partial charge on any atom is -0.507 e. The predicted molar refractivity (Wildman–Crippen MR) is 325 cm³/mol. The summed E-state index contributed by atoms with van der Waals surface area (Å²) in [6.45, 7) is 8.01. The molecule has 448 valence electrons. The molecule has 4 aromatic carbocycles. The van der Waals surface area contributed by atoms with Crippen LogP contribution < -0.4 is 18.9 Å². The van der Waals surface area contributed by atoms with Gasteiger partial charge in [0.05, 0.1) is 128 Å². The molecule has 0 amide bonds. The number of aryl methyl sites for hydroxylation is 2. The molecule has 15 heterocycles. The average Bonchev–Trinajstić information content (AvgIpc) is 2.65. The van der Waals surface area contributed by atoms with Crippen LogP contribution in [0, 0.1) is 6.07 Å².